The monoisotopic (exact) mass is 488 g/mol. The Hall–Kier alpha value is -0.650. The third kappa shape index (κ3) is 8.01. The van der Waals surface area contributed by atoms with E-state index in [1.165, 1.54) is 24.3 Å². The summed E-state index contributed by atoms with van der Waals surface area (Å²) in [5.74, 6) is -2.01. The number of ether oxygens (including phenoxy) is 2. The Bertz CT molecular complexity index is 985. The summed E-state index contributed by atoms with van der Waals surface area (Å²) in [6.45, 7) is 3.20. The van der Waals surface area contributed by atoms with Gasteiger partial charge in [0.15, 0.2) is 0 Å². The molecule has 156 valence electrons. The van der Waals surface area contributed by atoms with Gasteiger partial charge in [0.05, 0.1) is 24.6 Å². The van der Waals surface area contributed by atoms with E-state index in [0.717, 1.165) is 0 Å². The first-order valence-corrected chi connectivity index (χ1v) is 10.1. The van der Waals surface area contributed by atoms with Crippen molar-refractivity contribution in [3.05, 3.63) is 40.5 Å². The van der Waals surface area contributed by atoms with Gasteiger partial charge in [-0.2, -0.15) is 0 Å². The van der Waals surface area contributed by atoms with E-state index in [0.29, 0.717) is 5.56 Å². The van der Waals surface area contributed by atoms with Gasteiger partial charge in [-0.15, -0.1) is 0 Å². The molecule has 2 aromatic rings. The molecule has 0 saturated carbocycles. The van der Waals surface area contributed by atoms with Crippen LogP contribution in [0.3, 0.4) is 0 Å². The minimum atomic E-state index is -5.22. The van der Waals surface area contributed by atoms with E-state index in [-0.39, 0.29) is 106 Å². The summed E-state index contributed by atoms with van der Waals surface area (Å²) >= 11 is 6.13. The maximum Gasteiger partial charge on any atom is 1.00 e. The van der Waals surface area contributed by atoms with Crippen molar-refractivity contribution in [3.63, 3.8) is 0 Å². The first kappa shape index (κ1) is 30.4. The average Bonchev–Trinajstić information content (AvgIpc) is 2.62. The summed E-state index contributed by atoms with van der Waals surface area (Å²) in [7, 11) is -5.22. The van der Waals surface area contributed by atoms with E-state index < -0.39 is 19.8 Å². The standard InChI is InChI=1S/C17H18ClN2O8P.2Na/c1-3-26-16(21)11-12(17(22)27-4-2)15(18)20-14(13(11)19)9-5-7-10(8-6-9)28-29(23,24)25;;/h5-8H,3-4,19H2,1-2H3,(H2,23,24,25);;/q;2*+1/p-2. The summed E-state index contributed by atoms with van der Waals surface area (Å²) in [5, 5.41) is -0.334. The summed E-state index contributed by atoms with van der Waals surface area (Å²) in [4.78, 5) is 50.1. The minimum absolute atomic E-state index is 0. The summed E-state index contributed by atoms with van der Waals surface area (Å²) in [6.07, 6.45) is 0. The molecule has 14 heteroatoms. The van der Waals surface area contributed by atoms with E-state index in [2.05, 4.69) is 9.51 Å². The molecule has 1 aromatic heterocycles. The maximum atomic E-state index is 12.4. The number of rotatable bonds is 7. The number of nitrogens with zero attached hydrogens (tertiary/aromatic N) is 1. The van der Waals surface area contributed by atoms with E-state index in [4.69, 9.17) is 26.8 Å². The van der Waals surface area contributed by atoms with Crippen LogP contribution in [0.2, 0.25) is 5.15 Å². The van der Waals surface area contributed by atoms with Crippen molar-refractivity contribution in [2.24, 2.45) is 0 Å². The molecule has 0 atom stereocenters. The smallest absolute Gasteiger partial charge is 0.780 e. The predicted molar refractivity (Wildman–Crippen MR) is 99.2 cm³/mol. The zero-order valence-corrected chi connectivity index (χ0v) is 23.0. The molecule has 0 fully saturated rings. The number of carbonyl (C=O) groups is 2. The Labute approximate surface area is 227 Å². The van der Waals surface area contributed by atoms with Gasteiger partial charge in [-0.05, 0) is 38.1 Å². The Morgan fingerprint density at radius 3 is 1.97 bits per heavy atom. The van der Waals surface area contributed by atoms with Crippen LogP contribution in [-0.2, 0) is 14.0 Å². The van der Waals surface area contributed by atoms with Gasteiger partial charge in [-0.1, -0.05) is 11.6 Å². The minimum Gasteiger partial charge on any atom is -0.780 e. The van der Waals surface area contributed by atoms with Crippen LogP contribution < -0.4 is 79.2 Å². The van der Waals surface area contributed by atoms with E-state index >= 15 is 0 Å². The first-order valence-electron chi connectivity index (χ1n) is 8.24. The van der Waals surface area contributed by atoms with Crippen molar-refractivity contribution in [3.8, 4) is 17.0 Å². The van der Waals surface area contributed by atoms with Crippen LogP contribution in [0.1, 0.15) is 34.6 Å². The molecule has 31 heavy (non-hydrogen) atoms. The topological polar surface area (TPSA) is 164 Å². The van der Waals surface area contributed by atoms with Crippen LogP contribution in [0.25, 0.3) is 11.3 Å². The van der Waals surface area contributed by atoms with Crippen molar-refractivity contribution < 1.29 is 97.1 Å². The van der Waals surface area contributed by atoms with Crippen molar-refractivity contribution >= 4 is 37.0 Å². The SMILES string of the molecule is CCOC(=O)c1c(Cl)nc(-c2ccc(OP(=O)([O-])[O-])cc2)c(N)c1C(=O)OCC.[Na+].[Na+]. The van der Waals surface area contributed by atoms with Crippen LogP contribution in [-0.4, -0.2) is 30.1 Å². The van der Waals surface area contributed by atoms with Crippen molar-refractivity contribution in [1.29, 1.82) is 0 Å². The number of nitrogen functional groups attached to an aromatic ring is 1. The number of pyridine rings is 1. The summed E-state index contributed by atoms with van der Waals surface area (Å²) < 4.78 is 24.8. The molecule has 10 nitrogen and oxygen atoms in total. The number of carbonyl (C=O) groups excluding carboxylic acids is 2. The zero-order valence-electron chi connectivity index (χ0n) is 17.3. The second kappa shape index (κ2) is 13.2. The Morgan fingerprint density at radius 1 is 1.03 bits per heavy atom. The normalized spacial score (nSPS) is 10.4. The predicted octanol–water partition coefficient (Wildman–Crippen LogP) is -4.45. The molecule has 0 spiro atoms. The first-order chi connectivity index (χ1) is 13.6. The molecule has 0 aliphatic rings. The van der Waals surface area contributed by atoms with Gasteiger partial charge < -0.3 is 34.1 Å². The van der Waals surface area contributed by atoms with Crippen LogP contribution in [0.15, 0.2) is 24.3 Å². The second-order valence-corrected chi connectivity index (χ2v) is 6.85. The van der Waals surface area contributed by atoms with Crippen molar-refractivity contribution in [2.75, 3.05) is 18.9 Å². The number of phosphoric ester groups is 1. The van der Waals surface area contributed by atoms with Gasteiger partial charge in [0, 0.05) is 5.56 Å². The molecular weight excluding hydrogens is 473 g/mol. The fourth-order valence-electron chi connectivity index (χ4n) is 2.40. The maximum absolute atomic E-state index is 12.4. The van der Waals surface area contributed by atoms with E-state index in [1.807, 2.05) is 0 Å². The Morgan fingerprint density at radius 2 is 1.52 bits per heavy atom. The molecule has 0 bridgehead atoms. The quantitative estimate of drug-likeness (QED) is 0.174. The average molecular weight is 489 g/mol. The van der Waals surface area contributed by atoms with E-state index in [9.17, 15) is 23.9 Å². The molecule has 1 heterocycles. The number of hydrogen-bond donors (Lipinski definition) is 1. The molecular formula is C17H16ClN2Na2O8P. The molecule has 0 radical (unpaired) electrons. The Kier molecular flexibility index (Phi) is 12.9. The Balaban J connectivity index is 0.00000450. The third-order valence-corrected chi connectivity index (χ3v) is 4.20. The van der Waals surface area contributed by atoms with E-state index in [1.54, 1.807) is 13.8 Å². The van der Waals surface area contributed by atoms with Gasteiger partial charge >= 0.3 is 71.1 Å². The van der Waals surface area contributed by atoms with Crippen LogP contribution >= 0.6 is 19.4 Å². The number of esters is 2. The molecule has 0 aliphatic carbocycles. The zero-order chi connectivity index (χ0) is 21.8. The largest absolute Gasteiger partial charge is 1.00 e. The number of anilines is 1. The molecule has 0 saturated heterocycles. The molecule has 2 N–H and O–H groups in total. The fourth-order valence-corrected chi connectivity index (χ4v) is 3.03. The molecule has 0 aliphatic heterocycles. The number of nitrogens with two attached hydrogens (primary N) is 1. The molecule has 0 unspecified atom stereocenters. The second-order valence-electron chi connectivity index (χ2n) is 5.42. The van der Waals surface area contributed by atoms with Gasteiger partial charge in [-0.25, -0.2) is 14.6 Å². The number of hydrogen-bond acceptors (Lipinski definition) is 10. The van der Waals surface area contributed by atoms with Crippen LogP contribution in [0, 0.1) is 0 Å². The number of benzene rings is 1. The van der Waals surface area contributed by atoms with Gasteiger partial charge in [0.2, 0.25) is 0 Å². The molecule has 0 amide bonds. The van der Waals surface area contributed by atoms with Crippen LogP contribution in [0.5, 0.6) is 5.75 Å². The summed E-state index contributed by atoms with van der Waals surface area (Å²) in [6, 6.07) is 5.07. The number of halogens is 1. The van der Waals surface area contributed by atoms with Gasteiger partial charge in [-0.3, -0.25) is 0 Å². The van der Waals surface area contributed by atoms with Gasteiger partial charge in [0.1, 0.15) is 29.9 Å². The molecule has 1 aromatic carbocycles. The number of aromatic nitrogens is 1. The van der Waals surface area contributed by atoms with Crippen LogP contribution in [0.4, 0.5) is 5.69 Å². The third-order valence-electron chi connectivity index (χ3n) is 3.49. The molecule has 2 rings (SSSR count). The van der Waals surface area contributed by atoms with Gasteiger partial charge in [0.25, 0.3) is 0 Å². The van der Waals surface area contributed by atoms with Crippen molar-refractivity contribution in [1.82, 2.24) is 4.98 Å². The summed E-state index contributed by atoms with van der Waals surface area (Å²) in [5.41, 5.74) is 5.61. The fraction of sp³-hybridized carbons (Fsp3) is 0.235. The van der Waals surface area contributed by atoms with Crippen molar-refractivity contribution in [2.45, 2.75) is 13.8 Å². The number of phosphoric acid groups is 1.